The lowest BCUT2D eigenvalue weighted by atomic mass is 9.84. The first-order valence-electron chi connectivity index (χ1n) is 6.60. The van der Waals surface area contributed by atoms with Crippen molar-refractivity contribution in [2.45, 2.75) is 58.2 Å². The maximum Gasteiger partial charge on any atom is 0.331 e. The van der Waals surface area contributed by atoms with Crippen LogP contribution in [0.4, 0.5) is 0 Å². The van der Waals surface area contributed by atoms with Gasteiger partial charge in [0.05, 0.1) is 11.7 Å². The Morgan fingerprint density at radius 2 is 2.17 bits per heavy atom. The van der Waals surface area contributed by atoms with E-state index in [9.17, 15) is 4.79 Å². The Balaban J connectivity index is 2.17. The Labute approximate surface area is 109 Å². The van der Waals surface area contributed by atoms with Gasteiger partial charge < -0.3 is 9.84 Å². The highest BCUT2D eigenvalue weighted by Gasteiger charge is 2.52. The third-order valence-electron chi connectivity index (χ3n) is 3.96. The molecule has 1 saturated heterocycles. The molecule has 0 aromatic heterocycles. The number of carboxylic acids is 1. The van der Waals surface area contributed by atoms with Crippen molar-refractivity contribution in [1.29, 1.82) is 0 Å². The highest BCUT2D eigenvalue weighted by Crippen LogP contribution is 2.46. The van der Waals surface area contributed by atoms with Crippen LogP contribution in [0.2, 0.25) is 0 Å². The maximum atomic E-state index is 11.1. The molecule has 3 heteroatoms. The molecule has 1 aliphatic carbocycles. The lowest BCUT2D eigenvalue weighted by Crippen LogP contribution is -2.16. The van der Waals surface area contributed by atoms with Crippen LogP contribution >= 0.6 is 0 Å². The number of aliphatic carboxylic acids is 1. The second-order valence-corrected chi connectivity index (χ2v) is 6.29. The van der Waals surface area contributed by atoms with Gasteiger partial charge in [-0.1, -0.05) is 32.1 Å². The highest BCUT2D eigenvalue weighted by atomic mass is 16.6. The molecule has 0 unspecified atom stereocenters. The average molecular weight is 250 g/mol. The first-order valence-corrected chi connectivity index (χ1v) is 6.60. The van der Waals surface area contributed by atoms with Crippen LogP contribution in [-0.2, 0) is 9.53 Å². The third kappa shape index (κ3) is 3.02. The van der Waals surface area contributed by atoms with Crippen molar-refractivity contribution in [3.8, 4) is 0 Å². The van der Waals surface area contributed by atoms with Crippen LogP contribution in [0.25, 0.3) is 0 Å². The Morgan fingerprint density at radius 1 is 1.44 bits per heavy atom. The molecule has 18 heavy (non-hydrogen) atoms. The van der Waals surface area contributed by atoms with Gasteiger partial charge in [-0.3, -0.25) is 0 Å². The van der Waals surface area contributed by atoms with Crippen molar-refractivity contribution >= 4 is 5.97 Å². The molecule has 2 atom stereocenters. The molecule has 2 rings (SSSR count). The monoisotopic (exact) mass is 250 g/mol. The summed E-state index contributed by atoms with van der Waals surface area (Å²) in [6, 6.07) is 0. The molecule has 1 N–H and O–H groups in total. The van der Waals surface area contributed by atoms with E-state index in [2.05, 4.69) is 26.8 Å². The minimum atomic E-state index is -0.810. The molecule has 0 radical (unpaired) electrons. The summed E-state index contributed by atoms with van der Waals surface area (Å²) in [4.78, 5) is 11.1. The predicted molar refractivity (Wildman–Crippen MR) is 70.4 cm³/mol. The van der Waals surface area contributed by atoms with Crippen LogP contribution in [0.5, 0.6) is 0 Å². The van der Waals surface area contributed by atoms with Gasteiger partial charge in [0.15, 0.2) is 0 Å². The number of epoxide rings is 1. The zero-order valence-electron chi connectivity index (χ0n) is 11.4. The van der Waals surface area contributed by atoms with E-state index in [0.717, 1.165) is 19.3 Å². The van der Waals surface area contributed by atoms with Crippen LogP contribution in [0.1, 0.15) is 46.5 Å². The Kier molecular flexibility index (Phi) is 3.37. The van der Waals surface area contributed by atoms with Crippen molar-refractivity contribution < 1.29 is 14.6 Å². The summed E-state index contributed by atoms with van der Waals surface area (Å²) in [6.45, 7) is 6.48. The van der Waals surface area contributed by atoms with Crippen molar-refractivity contribution in [2.75, 3.05) is 0 Å². The molecule has 2 aliphatic rings. The SMILES string of the molecule is CC1(C)/C=C/C/C(C(=O)O)=C\CC[C@@]2(C)O[C@H]2C1. The summed E-state index contributed by atoms with van der Waals surface area (Å²) in [7, 11) is 0. The van der Waals surface area contributed by atoms with Gasteiger partial charge in [0, 0.05) is 5.57 Å². The molecule has 0 saturated carbocycles. The van der Waals surface area contributed by atoms with E-state index in [0.29, 0.717) is 18.1 Å². The normalized spacial score (nSPS) is 39.7. The molecule has 0 aromatic carbocycles. The molecule has 0 bridgehead atoms. The van der Waals surface area contributed by atoms with Crippen molar-refractivity contribution in [2.24, 2.45) is 5.41 Å². The molecule has 0 amide bonds. The van der Waals surface area contributed by atoms with Gasteiger partial charge in [-0.15, -0.1) is 0 Å². The number of ether oxygens (including phenoxy) is 1. The molecule has 1 aliphatic heterocycles. The topological polar surface area (TPSA) is 49.8 Å². The van der Waals surface area contributed by atoms with Crippen LogP contribution in [0.3, 0.4) is 0 Å². The summed E-state index contributed by atoms with van der Waals surface area (Å²) in [6.07, 6.45) is 9.46. The summed E-state index contributed by atoms with van der Waals surface area (Å²) < 4.78 is 5.80. The van der Waals surface area contributed by atoms with Gasteiger partial charge in [0.25, 0.3) is 0 Å². The maximum absolute atomic E-state index is 11.1. The second-order valence-electron chi connectivity index (χ2n) is 6.29. The van der Waals surface area contributed by atoms with E-state index in [4.69, 9.17) is 9.84 Å². The Hall–Kier alpha value is -1.09. The van der Waals surface area contributed by atoms with E-state index in [-0.39, 0.29) is 11.0 Å². The number of rotatable bonds is 1. The van der Waals surface area contributed by atoms with Crippen molar-refractivity contribution in [3.63, 3.8) is 0 Å². The van der Waals surface area contributed by atoms with E-state index in [1.54, 1.807) is 0 Å². The Morgan fingerprint density at radius 3 is 2.83 bits per heavy atom. The summed E-state index contributed by atoms with van der Waals surface area (Å²) >= 11 is 0. The Bertz CT molecular complexity index is 406. The van der Waals surface area contributed by atoms with Crippen LogP contribution < -0.4 is 0 Å². The lowest BCUT2D eigenvalue weighted by molar-refractivity contribution is -0.132. The molecule has 0 aromatic rings. The first kappa shape index (κ1) is 13.3. The predicted octanol–water partition coefficient (Wildman–Crippen LogP) is 3.31. The minimum Gasteiger partial charge on any atom is -0.478 e. The lowest BCUT2D eigenvalue weighted by Gasteiger charge is -2.19. The molecule has 3 nitrogen and oxygen atoms in total. The number of hydrogen-bond donors (Lipinski definition) is 1. The summed E-state index contributed by atoms with van der Waals surface area (Å²) in [5.74, 6) is -0.810. The standard InChI is InChI=1S/C15H22O3/c1-14(2)8-4-6-11(13(16)17)7-5-9-15(3)12(10-14)18-15/h4,7-8,12H,5-6,9-10H2,1-3H3,(H,16,17)/b8-4+,11-7+/t12-,15+/m0/s1. The van der Waals surface area contributed by atoms with Crippen LogP contribution in [0, 0.1) is 5.41 Å². The molecule has 100 valence electrons. The van der Waals surface area contributed by atoms with Gasteiger partial charge in [-0.2, -0.15) is 0 Å². The molecular formula is C15H22O3. The van der Waals surface area contributed by atoms with Gasteiger partial charge in [-0.05, 0) is 38.0 Å². The van der Waals surface area contributed by atoms with E-state index in [1.807, 2.05) is 12.2 Å². The fraction of sp³-hybridized carbons (Fsp3) is 0.667. The fourth-order valence-corrected chi connectivity index (χ4v) is 2.61. The average Bonchev–Trinajstić information content (AvgIpc) is 2.84. The smallest absolute Gasteiger partial charge is 0.331 e. The highest BCUT2D eigenvalue weighted by molar-refractivity contribution is 5.86. The third-order valence-corrected chi connectivity index (χ3v) is 3.96. The number of carbonyl (C=O) groups is 1. The van der Waals surface area contributed by atoms with Crippen LogP contribution in [0.15, 0.2) is 23.8 Å². The largest absolute Gasteiger partial charge is 0.478 e. The van der Waals surface area contributed by atoms with E-state index >= 15 is 0 Å². The van der Waals surface area contributed by atoms with Gasteiger partial charge >= 0.3 is 5.97 Å². The number of fused-ring (bicyclic) bond motifs is 1. The van der Waals surface area contributed by atoms with Crippen molar-refractivity contribution in [1.82, 2.24) is 0 Å². The number of carboxylic acid groups (broad SMARTS) is 1. The minimum absolute atomic E-state index is 0.0461. The zero-order valence-corrected chi connectivity index (χ0v) is 11.4. The quantitative estimate of drug-likeness (QED) is 0.573. The van der Waals surface area contributed by atoms with E-state index in [1.165, 1.54) is 0 Å². The molecule has 1 heterocycles. The first-order chi connectivity index (χ1) is 8.32. The fourth-order valence-electron chi connectivity index (χ4n) is 2.61. The summed E-state index contributed by atoms with van der Waals surface area (Å²) in [5.41, 5.74) is 0.510. The summed E-state index contributed by atoms with van der Waals surface area (Å²) in [5, 5.41) is 9.12. The molecule has 1 fully saturated rings. The van der Waals surface area contributed by atoms with Gasteiger partial charge in [-0.25, -0.2) is 4.79 Å². The number of allylic oxidation sites excluding steroid dienone is 3. The van der Waals surface area contributed by atoms with Gasteiger partial charge in [0.2, 0.25) is 0 Å². The van der Waals surface area contributed by atoms with Crippen molar-refractivity contribution in [3.05, 3.63) is 23.8 Å². The van der Waals surface area contributed by atoms with Gasteiger partial charge in [0.1, 0.15) is 0 Å². The molecule has 0 spiro atoms. The molecular weight excluding hydrogens is 228 g/mol. The number of hydrogen-bond acceptors (Lipinski definition) is 2. The van der Waals surface area contributed by atoms with Crippen LogP contribution in [-0.4, -0.2) is 22.8 Å². The second kappa shape index (κ2) is 4.54. The zero-order chi connectivity index (χ0) is 13.4. The van der Waals surface area contributed by atoms with E-state index < -0.39 is 5.97 Å².